The number of ether oxygens (including phenoxy) is 1. The van der Waals surface area contributed by atoms with Crippen molar-refractivity contribution in [1.29, 1.82) is 0 Å². The van der Waals surface area contributed by atoms with Crippen LogP contribution in [0.5, 0.6) is 0 Å². The van der Waals surface area contributed by atoms with E-state index in [-0.39, 0.29) is 40.1 Å². The predicted octanol–water partition coefficient (Wildman–Crippen LogP) is -2.82. The summed E-state index contributed by atoms with van der Waals surface area (Å²) in [6.07, 6.45) is -5.37. The Morgan fingerprint density at radius 1 is 1.29 bits per heavy atom. The van der Waals surface area contributed by atoms with Crippen LogP contribution in [0.1, 0.15) is 0 Å². The maximum absolute atomic E-state index is 10.6. The van der Waals surface area contributed by atoms with Gasteiger partial charge in [0, 0.05) is 32.7 Å². The minimum absolute atomic E-state index is 0. The van der Waals surface area contributed by atoms with E-state index in [9.17, 15) is 20.1 Å². The van der Waals surface area contributed by atoms with Crippen LogP contribution >= 0.6 is 0 Å². The van der Waals surface area contributed by atoms with Gasteiger partial charge in [-0.2, -0.15) is 0 Å². The van der Waals surface area contributed by atoms with Crippen LogP contribution in [-0.4, -0.2) is 63.6 Å². The molecule has 0 aromatic heterocycles. The minimum Gasteiger partial charge on any atom is -0.394 e. The molecule has 5 N–H and O–H groups in total. The average Bonchev–Trinajstić information content (AvgIpc) is 2.18. The van der Waals surface area contributed by atoms with Crippen LogP contribution < -0.4 is 5.32 Å². The number of hydrogen-bond donors (Lipinski definition) is 5. The van der Waals surface area contributed by atoms with E-state index in [4.69, 9.17) is 9.84 Å². The van der Waals surface area contributed by atoms with E-state index >= 15 is 0 Å². The first-order chi connectivity index (χ1) is 6.97. The van der Waals surface area contributed by atoms with Gasteiger partial charge >= 0.3 is 0 Å². The zero-order valence-corrected chi connectivity index (χ0v) is 12.3. The largest absolute Gasteiger partial charge is 0.394 e. The average molecular weight is 324 g/mol. The van der Waals surface area contributed by atoms with Gasteiger partial charge in [-0.25, -0.2) is 0 Å². The molecule has 0 aromatic rings. The molecule has 1 aliphatic heterocycles. The molecule has 8 heteroatoms. The van der Waals surface area contributed by atoms with Crippen molar-refractivity contribution in [2.75, 3.05) is 6.61 Å². The zero-order chi connectivity index (χ0) is 11.6. The first-order valence-electron chi connectivity index (χ1n) is 4.40. The third-order valence-electron chi connectivity index (χ3n) is 2.23. The van der Waals surface area contributed by atoms with Crippen molar-refractivity contribution in [2.24, 2.45) is 0 Å². The molecule has 0 aliphatic carbocycles. The van der Waals surface area contributed by atoms with E-state index < -0.39 is 43.2 Å². The molecule has 0 spiro atoms. The molecule has 17 heavy (non-hydrogen) atoms. The van der Waals surface area contributed by atoms with Crippen molar-refractivity contribution in [3.05, 3.63) is 14.4 Å². The quantitative estimate of drug-likeness (QED) is 0.350. The van der Waals surface area contributed by atoms with Gasteiger partial charge in [0.2, 0.25) is 0 Å². The molecule has 7 nitrogen and oxygen atoms in total. The molecule has 1 rings (SSSR count). The summed E-state index contributed by atoms with van der Waals surface area (Å²) in [6.45, 7) is 2.47. The topological polar surface area (TPSA) is 119 Å². The van der Waals surface area contributed by atoms with Gasteiger partial charge in [0.05, 0.1) is 12.5 Å². The Hall–Kier alpha value is 0.244. The Morgan fingerprint density at radius 2 is 1.82 bits per heavy atom. The van der Waals surface area contributed by atoms with Gasteiger partial charge in [-0.3, -0.25) is 0 Å². The molecule has 1 fully saturated rings. The van der Waals surface area contributed by atoms with E-state index in [0.29, 0.717) is 0 Å². The second-order valence-electron chi connectivity index (χ2n) is 3.32. The fourth-order valence-corrected chi connectivity index (χ4v) is 1.44. The molecule has 99 valence electrons. The van der Waals surface area contributed by atoms with Crippen molar-refractivity contribution < 1.29 is 62.7 Å². The molecule has 0 aromatic carbocycles. The van der Waals surface area contributed by atoms with Crippen LogP contribution in [0.2, 0.25) is 0 Å². The molecular formula is C9H17NO6Y-2. The van der Waals surface area contributed by atoms with Crippen molar-refractivity contribution in [1.82, 2.24) is 5.32 Å². The summed E-state index contributed by atoms with van der Waals surface area (Å²) in [5.74, 6) is -0.712. The second kappa shape index (κ2) is 8.36. The maximum atomic E-state index is 10.6. The molecular weight excluding hydrogens is 307 g/mol. The smallest absolute Gasteiger partial charge is 0.178 e. The van der Waals surface area contributed by atoms with Gasteiger partial charge in [-0.15, -0.1) is 0 Å². The Balaban J connectivity index is 0. The number of hydrogen-bond acceptors (Lipinski definition) is 6. The zero-order valence-electron chi connectivity index (χ0n) is 9.48. The summed E-state index contributed by atoms with van der Waals surface area (Å²) in [7, 11) is 0. The van der Waals surface area contributed by atoms with Crippen molar-refractivity contribution in [2.45, 2.75) is 30.6 Å². The number of amides is 1. The van der Waals surface area contributed by atoms with Crippen LogP contribution in [0, 0.1) is 14.4 Å². The van der Waals surface area contributed by atoms with E-state index in [1.807, 2.05) is 0 Å². The summed E-state index contributed by atoms with van der Waals surface area (Å²) < 4.78 is 4.78. The molecule has 5 atom stereocenters. The summed E-state index contributed by atoms with van der Waals surface area (Å²) in [5.41, 5.74) is 0. The van der Waals surface area contributed by atoms with Gasteiger partial charge in [0.25, 0.3) is 0 Å². The van der Waals surface area contributed by atoms with Crippen molar-refractivity contribution >= 4 is 5.91 Å². The van der Waals surface area contributed by atoms with Crippen molar-refractivity contribution in [3.63, 3.8) is 0 Å². The number of aliphatic hydroxyl groups is 4. The number of carbonyl (C=O) groups is 1. The molecule has 1 saturated heterocycles. The van der Waals surface area contributed by atoms with Crippen molar-refractivity contribution in [3.8, 4) is 0 Å². The fraction of sp³-hybridized carbons (Fsp3) is 0.667. The molecule has 1 radical (unpaired) electrons. The molecule has 1 aliphatic rings. The molecule has 1 heterocycles. The van der Waals surface area contributed by atoms with Crippen LogP contribution in [0.4, 0.5) is 0 Å². The predicted molar refractivity (Wildman–Crippen MR) is 53.7 cm³/mol. The van der Waals surface area contributed by atoms with Crippen LogP contribution in [0.15, 0.2) is 0 Å². The van der Waals surface area contributed by atoms with Gasteiger partial charge in [0.1, 0.15) is 24.4 Å². The number of rotatable bonds is 2. The minimum atomic E-state index is -1.49. The maximum Gasteiger partial charge on any atom is 0.178 e. The van der Waals surface area contributed by atoms with Crippen LogP contribution in [0.3, 0.4) is 0 Å². The number of carbonyl (C=O) groups excluding carboxylic acids is 1. The van der Waals surface area contributed by atoms with Gasteiger partial charge < -0.3 is 49.6 Å². The molecule has 1 amide bonds. The van der Waals surface area contributed by atoms with Gasteiger partial charge in [0.15, 0.2) is 6.29 Å². The van der Waals surface area contributed by atoms with Crippen LogP contribution in [-0.2, 0) is 42.2 Å². The number of aliphatic hydroxyl groups excluding tert-OH is 4. The SMILES string of the molecule is [CH2-]C(=O)NC1C(O)OC(CO)C(O)C1O.[CH3-].[Y]. The van der Waals surface area contributed by atoms with Gasteiger partial charge in [-0.05, 0) is 0 Å². The summed E-state index contributed by atoms with van der Waals surface area (Å²) in [5, 5.41) is 39.2. The molecule has 0 saturated carbocycles. The summed E-state index contributed by atoms with van der Waals surface area (Å²) in [6, 6.07) is -1.16. The van der Waals surface area contributed by atoms with Crippen LogP contribution in [0.25, 0.3) is 0 Å². The standard InChI is InChI=1S/C8H14NO6.CH3.Y/c1-3(11)9-5-7(13)6(12)4(2-10)15-8(5)14;;/h4-8,10,12-14H,1-2H2,(H,9,11);1H3;/q2*-1;. The van der Waals surface area contributed by atoms with E-state index in [0.717, 1.165) is 0 Å². The van der Waals surface area contributed by atoms with E-state index in [1.165, 1.54) is 0 Å². The Kier molecular flexibility index (Phi) is 9.63. The normalized spacial score (nSPS) is 36.4. The Labute approximate surface area is 125 Å². The first-order valence-corrected chi connectivity index (χ1v) is 4.40. The molecule has 5 unspecified atom stereocenters. The molecule has 0 bridgehead atoms. The first kappa shape index (κ1) is 19.6. The van der Waals surface area contributed by atoms with E-state index in [1.54, 1.807) is 0 Å². The summed E-state index contributed by atoms with van der Waals surface area (Å²) in [4.78, 5) is 10.6. The Morgan fingerprint density at radius 3 is 2.24 bits per heavy atom. The Bertz CT molecular complexity index is 242. The fourth-order valence-electron chi connectivity index (χ4n) is 1.44. The third-order valence-corrected chi connectivity index (χ3v) is 2.23. The van der Waals surface area contributed by atoms with E-state index in [2.05, 4.69) is 12.2 Å². The summed E-state index contributed by atoms with van der Waals surface area (Å²) >= 11 is 0. The van der Waals surface area contributed by atoms with Gasteiger partial charge in [-0.1, -0.05) is 0 Å². The monoisotopic (exact) mass is 324 g/mol. The second-order valence-corrected chi connectivity index (χ2v) is 3.32. The third kappa shape index (κ3) is 4.79. The number of nitrogens with one attached hydrogen (secondary N) is 1.